The van der Waals surface area contributed by atoms with E-state index in [1.54, 1.807) is 22.7 Å². The fraction of sp³-hybridized carbons (Fsp3) is 0. The number of thiazole rings is 2. The summed E-state index contributed by atoms with van der Waals surface area (Å²) < 4.78 is 19.6. The van der Waals surface area contributed by atoms with Gasteiger partial charge in [-0.25, -0.2) is 9.97 Å². The van der Waals surface area contributed by atoms with Gasteiger partial charge in [-0.2, -0.15) is 0 Å². The number of aromatic nitrogens is 2. The first-order valence-electron chi connectivity index (χ1n) is 12.1. The monoisotopic (exact) mass is 692 g/mol. The molecule has 11 aromatic rings. The molecule has 1 aromatic carbocycles. The number of rotatable bonds is 2. The molecule has 40 heavy (non-hydrogen) atoms. The number of thiophene rings is 8. The molecular formula is C28H8N2S10. The Kier molecular flexibility index (Phi) is 4.52. The van der Waals surface area contributed by atoms with Crippen LogP contribution in [0.3, 0.4) is 0 Å². The lowest BCUT2D eigenvalue weighted by molar-refractivity contribution is 1.49. The minimum atomic E-state index is 1.08. The summed E-state index contributed by atoms with van der Waals surface area (Å²) in [5.74, 6) is 0. The van der Waals surface area contributed by atoms with Crippen LogP contribution < -0.4 is 0 Å². The molecule has 11 rings (SSSR count). The first kappa shape index (κ1) is 22.7. The summed E-state index contributed by atoms with van der Waals surface area (Å²) in [7, 11) is 0. The van der Waals surface area contributed by atoms with E-state index in [0.29, 0.717) is 0 Å². The highest BCUT2D eigenvalue weighted by Gasteiger charge is 2.20. The normalized spacial score (nSPS) is 13.0. The van der Waals surface area contributed by atoms with Crippen molar-refractivity contribution in [1.29, 1.82) is 0 Å². The fourth-order valence-electron chi connectivity index (χ4n) is 5.30. The van der Waals surface area contributed by atoms with Gasteiger partial charge in [0.15, 0.2) is 0 Å². The van der Waals surface area contributed by atoms with Gasteiger partial charge in [-0.15, -0.1) is 113 Å². The van der Waals surface area contributed by atoms with Crippen LogP contribution in [0.25, 0.3) is 96.6 Å². The molecule has 0 N–H and O–H groups in total. The number of fused-ring (bicyclic) bond motifs is 12. The van der Waals surface area contributed by atoms with Crippen molar-refractivity contribution >= 4 is 190 Å². The topological polar surface area (TPSA) is 25.8 Å². The third-order valence-electron chi connectivity index (χ3n) is 7.06. The Bertz CT molecular complexity index is 2550. The highest BCUT2D eigenvalue weighted by Crippen LogP contribution is 2.52. The van der Waals surface area contributed by atoms with Gasteiger partial charge in [0.2, 0.25) is 0 Å². The Hall–Kier alpha value is -1.84. The van der Waals surface area contributed by atoms with Crippen LogP contribution >= 0.6 is 113 Å². The molecule has 0 bridgehead atoms. The van der Waals surface area contributed by atoms with E-state index in [0.717, 1.165) is 21.0 Å². The van der Waals surface area contributed by atoms with Crippen LogP contribution in [-0.2, 0) is 0 Å². The molecule has 0 radical (unpaired) electrons. The molecule has 0 spiro atoms. The summed E-state index contributed by atoms with van der Waals surface area (Å²) in [5, 5.41) is 6.64. The maximum atomic E-state index is 5.10. The summed E-state index contributed by atoms with van der Waals surface area (Å²) in [4.78, 5) is 12.8. The second-order valence-corrected chi connectivity index (χ2v) is 19.6. The highest BCUT2D eigenvalue weighted by atomic mass is 32.1. The summed E-state index contributed by atoms with van der Waals surface area (Å²) >= 11 is 18.8. The van der Waals surface area contributed by atoms with Gasteiger partial charge in [-0.05, 0) is 47.2 Å². The molecule has 0 aliphatic carbocycles. The Balaban J connectivity index is 1.00. The van der Waals surface area contributed by atoms with Crippen LogP contribution in [0.4, 0.5) is 0 Å². The average Bonchev–Trinajstić information content (AvgIpc) is 3.74. The third-order valence-corrected chi connectivity index (χ3v) is 19.5. The van der Waals surface area contributed by atoms with Crippen molar-refractivity contribution in [3.05, 3.63) is 47.2 Å². The number of hydrogen-bond donors (Lipinski definition) is 0. The van der Waals surface area contributed by atoms with Gasteiger partial charge in [0, 0.05) is 18.8 Å². The number of benzene rings is 1. The van der Waals surface area contributed by atoms with Crippen molar-refractivity contribution in [2.45, 2.75) is 0 Å². The van der Waals surface area contributed by atoms with Gasteiger partial charge in [0.05, 0.1) is 67.8 Å². The Labute approximate surface area is 264 Å². The minimum Gasteiger partial charge on any atom is -0.235 e. The molecule has 10 heterocycles. The standard InChI is InChI=1S/C28H8N2S10/c1-3-31-19-11(1)33-25-21-15(35-23(19)25)7-17(37-21)27-29-9-5-14-10(6-13(9)39-27)30-28(40-14)18-8-16-22(38-18)26-24(36-16)20-12(34-26)2-4-32-20/h1-8H. The molecule has 190 valence electrons. The minimum absolute atomic E-state index is 1.08. The van der Waals surface area contributed by atoms with E-state index in [1.165, 1.54) is 75.6 Å². The predicted octanol–water partition coefficient (Wildman–Crippen LogP) is 13.7. The highest BCUT2D eigenvalue weighted by molar-refractivity contribution is 7.46. The van der Waals surface area contributed by atoms with E-state index in [1.807, 2.05) is 90.7 Å². The van der Waals surface area contributed by atoms with E-state index >= 15 is 0 Å². The molecule has 0 unspecified atom stereocenters. The van der Waals surface area contributed by atoms with Crippen LogP contribution in [-0.4, -0.2) is 9.97 Å². The molecular weight excluding hydrogens is 685 g/mol. The smallest absolute Gasteiger partial charge is 0.134 e. The fourth-order valence-corrected chi connectivity index (χ4v) is 18.1. The lowest BCUT2D eigenvalue weighted by Crippen LogP contribution is -1.71. The molecule has 0 atom stereocenters. The molecule has 0 aliphatic heterocycles. The summed E-state index contributed by atoms with van der Waals surface area (Å²) in [6.45, 7) is 0. The molecule has 10 aromatic heterocycles. The lowest BCUT2D eigenvalue weighted by Gasteiger charge is -1.87. The van der Waals surface area contributed by atoms with Gasteiger partial charge < -0.3 is 0 Å². The zero-order valence-corrected chi connectivity index (χ0v) is 27.8. The second-order valence-electron chi connectivity index (χ2n) is 9.39. The SMILES string of the molecule is c1cc2sc3c4sc(-c5nc6cc7sc(-c8cc9sc%10c%11sccc%11sc%10c9s8)nc7cc6s5)cc4sc3c2s1. The van der Waals surface area contributed by atoms with Crippen LogP contribution in [0.1, 0.15) is 0 Å². The van der Waals surface area contributed by atoms with E-state index in [2.05, 4.69) is 47.2 Å². The van der Waals surface area contributed by atoms with Crippen LogP contribution in [0, 0.1) is 0 Å². The Morgan fingerprint density at radius 1 is 0.375 bits per heavy atom. The number of hydrogen-bond acceptors (Lipinski definition) is 12. The van der Waals surface area contributed by atoms with Gasteiger partial charge >= 0.3 is 0 Å². The zero-order valence-electron chi connectivity index (χ0n) is 19.6. The van der Waals surface area contributed by atoms with Crippen molar-refractivity contribution in [2.75, 3.05) is 0 Å². The van der Waals surface area contributed by atoms with E-state index in [-0.39, 0.29) is 0 Å². The average molecular weight is 693 g/mol. The largest absolute Gasteiger partial charge is 0.235 e. The number of nitrogens with zero attached hydrogens (tertiary/aromatic N) is 2. The quantitative estimate of drug-likeness (QED) is 0.180. The van der Waals surface area contributed by atoms with Crippen molar-refractivity contribution in [1.82, 2.24) is 9.97 Å². The van der Waals surface area contributed by atoms with Crippen LogP contribution in [0.2, 0.25) is 0 Å². The molecule has 12 heteroatoms. The lowest BCUT2D eigenvalue weighted by atomic mass is 10.3. The van der Waals surface area contributed by atoms with Crippen molar-refractivity contribution in [3.63, 3.8) is 0 Å². The Morgan fingerprint density at radius 3 is 1.32 bits per heavy atom. The molecule has 0 aliphatic rings. The van der Waals surface area contributed by atoms with E-state index < -0.39 is 0 Å². The van der Waals surface area contributed by atoms with Gasteiger partial charge in [0.1, 0.15) is 10.0 Å². The molecule has 0 saturated heterocycles. The van der Waals surface area contributed by atoms with Gasteiger partial charge in [0.25, 0.3) is 0 Å². The maximum absolute atomic E-state index is 5.10. The summed E-state index contributed by atoms with van der Waals surface area (Å²) in [5.41, 5.74) is 2.16. The van der Waals surface area contributed by atoms with E-state index in [9.17, 15) is 0 Å². The third kappa shape index (κ3) is 3.00. The van der Waals surface area contributed by atoms with E-state index in [4.69, 9.17) is 9.97 Å². The van der Waals surface area contributed by atoms with Gasteiger partial charge in [-0.1, -0.05) is 0 Å². The molecule has 2 nitrogen and oxygen atoms in total. The molecule has 0 amide bonds. The first-order valence-corrected chi connectivity index (χ1v) is 20.4. The molecule has 0 saturated carbocycles. The summed E-state index contributed by atoms with van der Waals surface area (Å²) in [6.07, 6.45) is 0. The van der Waals surface area contributed by atoms with Crippen molar-refractivity contribution < 1.29 is 0 Å². The van der Waals surface area contributed by atoms with Crippen molar-refractivity contribution in [3.8, 4) is 19.8 Å². The van der Waals surface area contributed by atoms with Crippen LogP contribution in [0.5, 0.6) is 0 Å². The zero-order chi connectivity index (χ0) is 25.7. The maximum Gasteiger partial charge on any atom is 0.134 e. The van der Waals surface area contributed by atoms with Gasteiger partial charge in [-0.3, -0.25) is 0 Å². The Morgan fingerprint density at radius 2 is 0.825 bits per heavy atom. The molecule has 0 fully saturated rings. The van der Waals surface area contributed by atoms with Crippen molar-refractivity contribution in [2.24, 2.45) is 0 Å². The van der Waals surface area contributed by atoms with Crippen LogP contribution in [0.15, 0.2) is 47.2 Å². The summed E-state index contributed by atoms with van der Waals surface area (Å²) in [6, 6.07) is 13.7. The first-order chi connectivity index (χ1) is 19.7. The second kappa shape index (κ2) is 7.95. The predicted molar refractivity (Wildman–Crippen MR) is 192 cm³/mol.